The molecule has 0 saturated heterocycles. The number of hydrogen-bond donors (Lipinski definition) is 2. The van der Waals surface area contributed by atoms with Gasteiger partial charge in [-0.1, -0.05) is 176 Å². The number of hydrogen-bond acceptors (Lipinski definition) is 6. The van der Waals surface area contributed by atoms with Gasteiger partial charge in [-0.05, 0) is 65.7 Å². The molecule has 5 heterocycles. The Hall–Kier alpha value is -7.87. The van der Waals surface area contributed by atoms with Gasteiger partial charge in [0.2, 0.25) is 6.29 Å². The minimum atomic E-state index is -0.481. The van der Waals surface area contributed by atoms with Crippen LogP contribution in [0.2, 0.25) is 0 Å². The summed E-state index contributed by atoms with van der Waals surface area (Å²) in [7, 11) is 4.41. The maximum atomic E-state index is 5.62. The van der Waals surface area contributed by atoms with E-state index in [1.54, 1.807) is 0 Å². The fourth-order valence-corrected chi connectivity index (χ4v) is 10.3. The van der Waals surface area contributed by atoms with Crippen molar-refractivity contribution in [1.82, 2.24) is 20.1 Å². The first kappa shape index (κ1) is 37.9. The van der Waals surface area contributed by atoms with Crippen molar-refractivity contribution < 1.29 is 0 Å². The smallest absolute Gasteiger partial charge is 0.201 e. The van der Waals surface area contributed by atoms with Gasteiger partial charge < -0.3 is 20.4 Å². The fourth-order valence-electron chi connectivity index (χ4n) is 10.3. The van der Waals surface area contributed by atoms with Crippen LogP contribution in [0.1, 0.15) is 34.5 Å². The summed E-state index contributed by atoms with van der Waals surface area (Å²) in [6.07, 6.45) is 8.62. The zero-order chi connectivity index (χ0) is 42.7. The van der Waals surface area contributed by atoms with Gasteiger partial charge in [0.1, 0.15) is 12.0 Å². The Morgan fingerprint density at radius 2 is 1.16 bits per heavy atom. The molecular weight excluding hydrogens is 783 g/mol. The van der Waals surface area contributed by atoms with Gasteiger partial charge in [0, 0.05) is 40.5 Å². The van der Waals surface area contributed by atoms with E-state index in [1.165, 1.54) is 33.3 Å². The van der Waals surface area contributed by atoms with Gasteiger partial charge in [-0.15, -0.1) is 0 Å². The van der Waals surface area contributed by atoms with Gasteiger partial charge >= 0.3 is 0 Å². The maximum Gasteiger partial charge on any atom is 0.201 e. The second-order valence-electron chi connectivity index (χ2n) is 17.0. The number of likely N-dealkylation sites (N-methyl/N-ethyl adjacent to an activating group) is 2. The number of para-hydroxylation sites is 4. The molecule has 310 valence electrons. The Morgan fingerprint density at radius 1 is 0.547 bits per heavy atom. The molecule has 0 radical (unpaired) electrons. The number of nitrogens with one attached hydrogen (secondary N) is 2. The number of aliphatic imine (C=N–C) groups is 1. The van der Waals surface area contributed by atoms with Crippen molar-refractivity contribution in [2.75, 3.05) is 23.9 Å². The molecule has 0 bridgehead atoms. The van der Waals surface area contributed by atoms with E-state index in [4.69, 9.17) is 4.99 Å². The van der Waals surface area contributed by atoms with Crippen molar-refractivity contribution in [2.45, 2.75) is 24.5 Å². The van der Waals surface area contributed by atoms with Crippen molar-refractivity contribution in [2.24, 2.45) is 4.99 Å². The van der Waals surface area contributed by atoms with Crippen LogP contribution in [0.15, 0.2) is 217 Å². The standard InChI is InChI=1S/C57H47N7/c1-61-47-30-16-12-24-40(47)34-35-51(61)46-36-45(38-20-6-3-7-21-38)58-57(59-46)63-48-31-17-13-27-42(48)54-43-28-14-18-32-49(43)64(55(54)44-29-15-19-33-50(44)63)53-37-52(39-22-8-4-9-23-39)62(2)56(60-53)41-25-10-5-11-26-41/h3-37,51-52,56-57,59-60H,1-2H3. The average Bonchev–Trinajstić information content (AvgIpc) is 3.64. The second-order valence-corrected chi connectivity index (χ2v) is 17.0. The second kappa shape index (κ2) is 15.5. The zero-order valence-electron chi connectivity index (χ0n) is 35.8. The quantitative estimate of drug-likeness (QED) is 0.175. The normalized spacial score (nSPS) is 20.1. The van der Waals surface area contributed by atoms with Gasteiger partial charge in [0.15, 0.2) is 0 Å². The van der Waals surface area contributed by atoms with E-state index in [9.17, 15) is 0 Å². The van der Waals surface area contributed by atoms with Gasteiger partial charge in [0.05, 0.1) is 40.4 Å². The summed E-state index contributed by atoms with van der Waals surface area (Å²) in [4.78, 5) is 12.8. The molecule has 4 aliphatic rings. The fraction of sp³-hybridized carbons (Fsp3) is 0.105. The van der Waals surface area contributed by atoms with Crippen LogP contribution in [0, 0.1) is 0 Å². The summed E-state index contributed by atoms with van der Waals surface area (Å²) in [5.74, 6) is 1.04. The molecule has 7 nitrogen and oxygen atoms in total. The van der Waals surface area contributed by atoms with E-state index < -0.39 is 6.29 Å². The van der Waals surface area contributed by atoms with E-state index in [1.807, 2.05) is 0 Å². The van der Waals surface area contributed by atoms with E-state index in [2.05, 4.69) is 256 Å². The van der Waals surface area contributed by atoms with Crippen LogP contribution in [0.4, 0.5) is 17.1 Å². The summed E-state index contributed by atoms with van der Waals surface area (Å²) in [5, 5.41) is 9.28. The molecule has 4 unspecified atom stereocenters. The van der Waals surface area contributed by atoms with Gasteiger partial charge in [-0.2, -0.15) is 0 Å². The first-order valence-electron chi connectivity index (χ1n) is 22.1. The molecule has 0 aliphatic carbocycles. The molecule has 8 aromatic rings. The molecule has 4 aliphatic heterocycles. The molecule has 0 saturated carbocycles. The molecule has 64 heavy (non-hydrogen) atoms. The summed E-state index contributed by atoms with van der Waals surface area (Å²) in [6, 6.07) is 67.5. The molecule has 7 aromatic carbocycles. The highest BCUT2D eigenvalue weighted by Gasteiger charge is 2.38. The molecule has 7 heteroatoms. The third kappa shape index (κ3) is 6.19. The maximum absolute atomic E-state index is 5.62. The lowest BCUT2D eigenvalue weighted by Gasteiger charge is -2.41. The first-order chi connectivity index (χ1) is 31.6. The van der Waals surface area contributed by atoms with Gasteiger partial charge in [-0.25, -0.2) is 4.99 Å². The molecule has 2 N–H and O–H groups in total. The van der Waals surface area contributed by atoms with Gasteiger partial charge in [0.25, 0.3) is 0 Å². The number of benzene rings is 7. The van der Waals surface area contributed by atoms with E-state index >= 15 is 0 Å². The van der Waals surface area contributed by atoms with E-state index in [0.717, 1.165) is 56.5 Å². The highest BCUT2D eigenvalue weighted by atomic mass is 15.4. The van der Waals surface area contributed by atoms with Crippen molar-refractivity contribution in [3.63, 3.8) is 0 Å². The Balaban J connectivity index is 1.07. The molecule has 4 atom stereocenters. The molecule has 12 rings (SSSR count). The molecule has 0 spiro atoms. The largest absolute Gasteiger partial charge is 0.362 e. The third-order valence-corrected chi connectivity index (χ3v) is 13.3. The molecule has 0 amide bonds. The van der Waals surface area contributed by atoms with Crippen LogP contribution in [0.3, 0.4) is 0 Å². The van der Waals surface area contributed by atoms with Crippen molar-refractivity contribution in [3.05, 3.63) is 234 Å². The number of aromatic nitrogens is 1. The van der Waals surface area contributed by atoms with Crippen LogP contribution in [0.25, 0.3) is 45.2 Å². The van der Waals surface area contributed by atoms with E-state index in [0.29, 0.717) is 0 Å². The minimum absolute atomic E-state index is 0.00519. The van der Waals surface area contributed by atoms with Gasteiger partial charge in [-0.3, -0.25) is 9.47 Å². The van der Waals surface area contributed by atoms with E-state index in [-0.39, 0.29) is 18.2 Å². The predicted molar refractivity (Wildman–Crippen MR) is 264 cm³/mol. The minimum Gasteiger partial charge on any atom is -0.362 e. The Labute approximate surface area is 374 Å². The average molecular weight is 830 g/mol. The number of rotatable bonds is 6. The molecule has 1 aromatic heterocycles. The number of nitrogens with zero attached hydrogens (tertiary/aromatic N) is 5. The van der Waals surface area contributed by atoms with Crippen LogP contribution < -0.4 is 20.4 Å². The van der Waals surface area contributed by atoms with Crippen LogP contribution in [-0.4, -0.2) is 41.6 Å². The van der Waals surface area contributed by atoms with Crippen LogP contribution >= 0.6 is 0 Å². The number of fused-ring (bicyclic) bond motifs is 8. The van der Waals surface area contributed by atoms with Crippen molar-refractivity contribution >= 4 is 45.6 Å². The van der Waals surface area contributed by atoms with Crippen LogP contribution in [0.5, 0.6) is 0 Å². The summed E-state index contributed by atoms with van der Waals surface area (Å²) < 4.78 is 2.49. The predicted octanol–water partition coefficient (Wildman–Crippen LogP) is 12.0. The highest BCUT2D eigenvalue weighted by Crippen LogP contribution is 2.53. The Morgan fingerprint density at radius 3 is 1.92 bits per heavy atom. The van der Waals surface area contributed by atoms with Crippen LogP contribution in [-0.2, 0) is 0 Å². The number of anilines is 3. The molecule has 0 fully saturated rings. The summed E-state index contributed by atoms with van der Waals surface area (Å²) in [6.45, 7) is 0. The SMILES string of the molecule is CN1c2ccccc2C=CC1C1=CC(c2ccccc2)=NC(N2c3ccccc3-c3c(n(C4=CC(c5ccccc5)N(C)C(c5ccccc5)N4)c4ccccc34)-c3ccccc32)N1. The summed E-state index contributed by atoms with van der Waals surface area (Å²) in [5.41, 5.74) is 15.9. The summed E-state index contributed by atoms with van der Waals surface area (Å²) >= 11 is 0. The highest BCUT2D eigenvalue weighted by molar-refractivity contribution is 6.13. The molecular formula is C57H47N7. The first-order valence-corrected chi connectivity index (χ1v) is 22.1. The monoisotopic (exact) mass is 829 g/mol. The zero-order valence-corrected chi connectivity index (χ0v) is 35.8. The van der Waals surface area contributed by atoms with Crippen molar-refractivity contribution in [1.29, 1.82) is 0 Å². The van der Waals surface area contributed by atoms with Crippen molar-refractivity contribution in [3.8, 4) is 22.4 Å². The lowest BCUT2D eigenvalue weighted by atomic mass is 9.98. The third-order valence-electron chi connectivity index (χ3n) is 13.3. The topological polar surface area (TPSA) is 51.1 Å². The lowest BCUT2D eigenvalue weighted by molar-refractivity contribution is 0.174. The Bertz CT molecular complexity index is 3180. The lowest BCUT2D eigenvalue weighted by Crippen LogP contribution is -2.49. The Kier molecular flexibility index (Phi) is 9.16. The number of allylic oxidation sites excluding steroid dienone is 1.